The quantitative estimate of drug-likeness (QED) is 0.791. The molecular formula is C17H20N2O2. The lowest BCUT2D eigenvalue weighted by Gasteiger charge is -2.16. The van der Waals surface area contributed by atoms with E-state index in [4.69, 9.17) is 0 Å². The zero-order valence-electron chi connectivity index (χ0n) is 12.3. The van der Waals surface area contributed by atoms with Gasteiger partial charge in [0.15, 0.2) is 0 Å². The lowest BCUT2D eigenvalue weighted by molar-refractivity contribution is 0.0963. The highest BCUT2D eigenvalue weighted by molar-refractivity contribution is 5.94. The fourth-order valence-corrected chi connectivity index (χ4v) is 2.22. The van der Waals surface area contributed by atoms with Gasteiger partial charge in [-0.15, -0.1) is 0 Å². The molecule has 21 heavy (non-hydrogen) atoms. The summed E-state index contributed by atoms with van der Waals surface area (Å²) in [6.07, 6.45) is 0.838. The average molecular weight is 284 g/mol. The van der Waals surface area contributed by atoms with Gasteiger partial charge in [-0.3, -0.25) is 4.79 Å². The fourth-order valence-electron chi connectivity index (χ4n) is 2.22. The zero-order chi connectivity index (χ0) is 15.2. The van der Waals surface area contributed by atoms with Gasteiger partial charge in [-0.05, 0) is 49.2 Å². The molecule has 0 aliphatic rings. The molecular weight excluding hydrogens is 264 g/mol. The summed E-state index contributed by atoms with van der Waals surface area (Å²) < 4.78 is 0. The van der Waals surface area contributed by atoms with Crippen molar-refractivity contribution in [2.24, 2.45) is 0 Å². The Hall–Kier alpha value is -2.49. The van der Waals surface area contributed by atoms with E-state index in [9.17, 15) is 9.90 Å². The third-order valence-corrected chi connectivity index (χ3v) is 3.24. The maximum absolute atomic E-state index is 11.6. The van der Waals surface area contributed by atoms with Crippen molar-refractivity contribution in [3.63, 3.8) is 0 Å². The number of hydrogen-bond donors (Lipinski definition) is 3. The first-order valence-corrected chi connectivity index (χ1v) is 6.95. The number of phenolic OH excluding ortho intramolecular Hbond substituents is 1. The number of anilines is 1. The van der Waals surface area contributed by atoms with Gasteiger partial charge < -0.3 is 15.7 Å². The van der Waals surface area contributed by atoms with E-state index in [1.165, 1.54) is 0 Å². The third-order valence-electron chi connectivity index (χ3n) is 3.24. The largest absolute Gasteiger partial charge is 0.508 e. The van der Waals surface area contributed by atoms with Crippen molar-refractivity contribution in [3.8, 4) is 5.75 Å². The third kappa shape index (κ3) is 4.24. The lowest BCUT2D eigenvalue weighted by Crippen LogP contribution is -2.20. The Bertz CT molecular complexity index is 608. The Balaban J connectivity index is 2.00. The molecule has 0 fully saturated rings. The number of carbonyl (C=O) groups excluding carboxylic acids is 1. The van der Waals surface area contributed by atoms with Crippen LogP contribution in [-0.4, -0.2) is 24.1 Å². The van der Waals surface area contributed by atoms with Crippen molar-refractivity contribution in [2.75, 3.05) is 12.4 Å². The second-order valence-electron chi connectivity index (χ2n) is 5.08. The van der Waals surface area contributed by atoms with Crippen LogP contribution in [0.15, 0.2) is 48.5 Å². The summed E-state index contributed by atoms with van der Waals surface area (Å²) in [6, 6.07) is 14.8. The number of phenols is 1. The minimum atomic E-state index is -0.0927. The molecule has 2 aromatic rings. The molecule has 0 bridgehead atoms. The molecule has 0 aromatic heterocycles. The number of hydrogen-bond acceptors (Lipinski definition) is 3. The number of nitrogens with one attached hydrogen (secondary N) is 2. The van der Waals surface area contributed by atoms with E-state index in [0.717, 1.165) is 17.7 Å². The van der Waals surface area contributed by atoms with Crippen molar-refractivity contribution in [1.29, 1.82) is 0 Å². The molecule has 0 aliphatic carbocycles. The van der Waals surface area contributed by atoms with Gasteiger partial charge in [0.1, 0.15) is 5.75 Å². The SMILES string of the molecule is CNC(=O)c1cccc(NC(C)Cc2ccc(O)cc2)c1. The van der Waals surface area contributed by atoms with Crippen molar-refractivity contribution >= 4 is 11.6 Å². The molecule has 110 valence electrons. The van der Waals surface area contributed by atoms with Crippen LogP contribution in [0.5, 0.6) is 5.75 Å². The summed E-state index contributed by atoms with van der Waals surface area (Å²) in [7, 11) is 1.62. The van der Waals surface area contributed by atoms with Crippen LogP contribution in [0.2, 0.25) is 0 Å². The second kappa shape index (κ2) is 6.79. The van der Waals surface area contributed by atoms with E-state index in [-0.39, 0.29) is 17.7 Å². The van der Waals surface area contributed by atoms with Crippen LogP contribution in [0.3, 0.4) is 0 Å². The molecule has 0 spiro atoms. The highest BCUT2D eigenvalue weighted by Gasteiger charge is 2.07. The molecule has 4 heteroatoms. The Labute approximate surface area is 124 Å². The number of benzene rings is 2. The van der Waals surface area contributed by atoms with Crippen LogP contribution in [0.1, 0.15) is 22.8 Å². The first-order chi connectivity index (χ1) is 10.1. The average Bonchev–Trinajstić information content (AvgIpc) is 2.49. The molecule has 0 radical (unpaired) electrons. The number of aromatic hydroxyl groups is 1. The lowest BCUT2D eigenvalue weighted by atomic mass is 10.1. The second-order valence-corrected chi connectivity index (χ2v) is 5.08. The topological polar surface area (TPSA) is 61.4 Å². The van der Waals surface area contributed by atoms with Crippen LogP contribution in [-0.2, 0) is 6.42 Å². The molecule has 4 nitrogen and oxygen atoms in total. The van der Waals surface area contributed by atoms with E-state index in [0.29, 0.717) is 5.56 Å². The van der Waals surface area contributed by atoms with Crippen LogP contribution < -0.4 is 10.6 Å². The molecule has 1 amide bonds. The van der Waals surface area contributed by atoms with E-state index in [1.54, 1.807) is 25.2 Å². The van der Waals surface area contributed by atoms with Crippen molar-refractivity contribution in [1.82, 2.24) is 5.32 Å². The van der Waals surface area contributed by atoms with Gasteiger partial charge in [-0.25, -0.2) is 0 Å². The molecule has 0 aliphatic heterocycles. The van der Waals surface area contributed by atoms with E-state index in [2.05, 4.69) is 17.6 Å². The highest BCUT2D eigenvalue weighted by atomic mass is 16.3. The predicted octanol–water partition coefficient (Wildman–Crippen LogP) is 2.79. The molecule has 3 N–H and O–H groups in total. The Kier molecular flexibility index (Phi) is 4.82. The van der Waals surface area contributed by atoms with Gasteiger partial charge in [0, 0.05) is 24.3 Å². The van der Waals surface area contributed by atoms with E-state index >= 15 is 0 Å². The smallest absolute Gasteiger partial charge is 0.251 e. The molecule has 0 saturated carbocycles. The minimum absolute atomic E-state index is 0.0927. The van der Waals surface area contributed by atoms with Gasteiger partial charge in [0.05, 0.1) is 0 Å². The predicted molar refractivity (Wildman–Crippen MR) is 84.7 cm³/mol. The summed E-state index contributed by atoms with van der Waals surface area (Å²) in [5.74, 6) is 0.183. The highest BCUT2D eigenvalue weighted by Crippen LogP contribution is 2.15. The zero-order valence-corrected chi connectivity index (χ0v) is 12.3. The Morgan fingerprint density at radius 3 is 2.57 bits per heavy atom. The molecule has 0 saturated heterocycles. The summed E-state index contributed by atoms with van der Waals surface area (Å²) in [5.41, 5.74) is 2.71. The summed E-state index contributed by atoms with van der Waals surface area (Å²) in [5, 5.41) is 15.3. The number of carbonyl (C=O) groups is 1. The van der Waals surface area contributed by atoms with Crippen molar-refractivity contribution < 1.29 is 9.90 Å². The summed E-state index contributed by atoms with van der Waals surface area (Å²) in [4.78, 5) is 11.6. The van der Waals surface area contributed by atoms with E-state index < -0.39 is 0 Å². The van der Waals surface area contributed by atoms with Gasteiger partial charge >= 0.3 is 0 Å². The maximum atomic E-state index is 11.6. The normalized spacial score (nSPS) is 11.7. The van der Waals surface area contributed by atoms with Crippen LogP contribution >= 0.6 is 0 Å². The van der Waals surface area contributed by atoms with Crippen molar-refractivity contribution in [2.45, 2.75) is 19.4 Å². The first-order valence-electron chi connectivity index (χ1n) is 6.95. The van der Waals surface area contributed by atoms with Gasteiger partial charge in [0.2, 0.25) is 0 Å². The molecule has 1 unspecified atom stereocenters. The molecule has 0 heterocycles. The molecule has 2 aromatic carbocycles. The summed E-state index contributed by atoms with van der Waals surface area (Å²) in [6.45, 7) is 2.08. The maximum Gasteiger partial charge on any atom is 0.251 e. The van der Waals surface area contributed by atoms with Gasteiger partial charge in [-0.2, -0.15) is 0 Å². The van der Waals surface area contributed by atoms with Crippen LogP contribution in [0, 0.1) is 0 Å². The summed E-state index contributed by atoms with van der Waals surface area (Å²) >= 11 is 0. The number of rotatable bonds is 5. The standard InChI is InChI=1S/C17H20N2O2/c1-12(10-13-6-8-16(20)9-7-13)19-15-5-3-4-14(11-15)17(21)18-2/h3-9,11-12,19-20H,10H2,1-2H3,(H,18,21). The monoisotopic (exact) mass is 284 g/mol. The minimum Gasteiger partial charge on any atom is -0.508 e. The molecule has 2 rings (SSSR count). The Morgan fingerprint density at radius 1 is 1.19 bits per heavy atom. The van der Waals surface area contributed by atoms with Gasteiger partial charge in [0.25, 0.3) is 5.91 Å². The molecule has 1 atom stereocenters. The fraction of sp³-hybridized carbons (Fsp3) is 0.235. The van der Waals surface area contributed by atoms with Crippen molar-refractivity contribution in [3.05, 3.63) is 59.7 Å². The van der Waals surface area contributed by atoms with E-state index in [1.807, 2.05) is 30.3 Å². The van der Waals surface area contributed by atoms with Gasteiger partial charge in [-0.1, -0.05) is 18.2 Å². The number of amides is 1. The Morgan fingerprint density at radius 2 is 1.90 bits per heavy atom. The van der Waals surface area contributed by atoms with Crippen LogP contribution in [0.4, 0.5) is 5.69 Å². The van der Waals surface area contributed by atoms with Crippen LogP contribution in [0.25, 0.3) is 0 Å². The first kappa shape index (κ1) is 14.9.